The van der Waals surface area contributed by atoms with Gasteiger partial charge in [-0.3, -0.25) is 9.48 Å². The molecule has 1 fully saturated rings. The lowest BCUT2D eigenvalue weighted by Crippen LogP contribution is -2.21. The van der Waals surface area contributed by atoms with Crippen LogP contribution in [0.1, 0.15) is 60.3 Å². The number of anilines is 1. The van der Waals surface area contributed by atoms with Gasteiger partial charge in [0.15, 0.2) is 0 Å². The molecule has 5 nitrogen and oxygen atoms in total. The molecule has 1 aromatic carbocycles. The number of nitrogens with one attached hydrogen (secondary N) is 1. The van der Waals surface area contributed by atoms with Crippen molar-refractivity contribution in [2.45, 2.75) is 49.9 Å². The van der Waals surface area contributed by atoms with E-state index in [9.17, 15) is 13.6 Å². The highest BCUT2D eigenvalue weighted by atomic mass is 35.5. The molecule has 1 aliphatic rings. The maximum Gasteiger partial charge on any atom is 0.387 e. The molecule has 1 heterocycles. The molecule has 1 amide bonds. The second-order valence-corrected chi connectivity index (χ2v) is 8.74. The highest BCUT2D eigenvalue weighted by Crippen LogP contribution is 2.41. The van der Waals surface area contributed by atoms with Crippen molar-refractivity contribution in [2.24, 2.45) is 0 Å². The summed E-state index contributed by atoms with van der Waals surface area (Å²) in [5.74, 6) is -0.0827. The monoisotopic (exact) mass is 407 g/mol. The molecule has 0 radical (unpaired) electrons. The second kappa shape index (κ2) is 7.78. The van der Waals surface area contributed by atoms with Gasteiger partial charge in [0.25, 0.3) is 5.91 Å². The van der Waals surface area contributed by atoms with Crippen LogP contribution in [0.4, 0.5) is 14.5 Å². The van der Waals surface area contributed by atoms with Crippen molar-refractivity contribution in [3.8, 4) is 5.75 Å². The third-order valence-electron chi connectivity index (χ3n) is 4.59. The van der Waals surface area contributed by atoms with E-state index < -0.39 is 11.3 Å². The predicted molar refractivity (Wildman–Crippen MR) is 110 cm³/mol. The summed E-state index contributed by atoms with van der Waals surface area (Å²) in [7, 11) is 3.37. The summed E-state index contributed by atoms with van der Waals surface area (Å²) in [5.41, 5.74) is 2.06. The smallest absolute Gasteiger partial charge is 0.387 e. The molecule has 0 aliphatic heterocycles. The Labute approximate surface area is 169 Å². The molecule has 148 valence electrons. The molecule has 10 heteroatoms. The average Bonchev–Trinajstić information content (AvgIpc) is 3.31. The van der Waals surface area contributed by atoms with Crippen LogP contribution in [0, 0.1) is 0 Å². The standard InChI is InChI=1S/C18H22B2ClF2N3O2/c1-9(2)26-8-12(15(25-26)10-3-4-10)16(27)24-11-5-6-13(18(19,20)21)14(7-11)28-17(22)23/h5-10,17H,3-4,19-20H2,1-2H3,(H,24,27). The van der Waals surface area contributed by atoms with Gasteiger partial charge < -0.3 is 10.1 Å². The number of alkyl halides is 3. The van der Waals surface area contributed by atoms with E-state index in [1.807, 2.05) is 13.8 Å². The van der Waals surface area contributed by atoms with Gasteiger partial charge in [0.1, 0.15) is 21.4 Å². The van der Waals surface area contributed by atoms with Crippen LogP contribution < -0.4 is 10.1 Å². The fraction of sp³-hybridized carbons (Fsp3) is 0.444. The van der Waals surface area contributed by atoms with E-state index in [1.165, 1.54) is 6.07 Å². The number of benzene rings is 1. The minimum atomic E-state index is -2.99. The SMILES string of the molecule is BC(B)(Cl)c1ccc(NC(=O)c2cn(C(C)C)nc2C2CC2)cc1OC(F)F. The van der Waals surface area contributed by atoms with Gasteiger partial charge in [-0.2, -0.15) is 13.9 Å². The Morgan fingerprint density at radius 2 is 2.07 bits per heavy atom. The number of ether oxygens (including phenoxy) is 1. The lowest BCUT2D eigenvalue weighted by Gasteiger charge is -2.21. The zero-order valence-corrected chi connectivity index (χ0v) is 17.1. The number of carbonyl (C=O) groups excluding carboxylic acids is 1. The molecule has 1 aliphatic carbocycles. The highest BCUT2D eigenvalue weighted by molar-refractivity contribution is 6.61. The number of amides is 1. The van der Waals surface area contributed by atoms with Crippen LogP contribution in [0.2, 0.25) is 0 Å². The largest absolute Gasteiger partial charge is 0.434 e. The maximum absolute atomic E-state index is 12.8. The number of aromatic nitrogens is 2. The Kier molecular flexibility index (Phi) is 5.75. The quantitative estimate of drug-likeness (QED) is 0.567. The number of halogens is 3. The van der Waals surface area contributed by atoms with Crippen molar-refractivity contribution in [1.29, 1.82) is 0 Å². The van der Waals surface area contributed by atoms with E-state index in [0.717, 1.165) is 18.5 Å². The predicted octanol–water partition coefficient (Wildman–Crippen LogP) is 2.81. The summed E-state index contributed by atoms with van der Waals surface area (Å²) in [6.45, 7) is 0.993. The number of hydrogen-bond donors (Lipinski definition) is 1. The third kappa shape index (κ3) is 4.69. The van der Waals surface area contributed by atoms with E-state index in [4.69, 9.17) is 11.6 Å². The van der Waals surface area contributed by atoms with Crippen LogP contribution in [-0.4, -0.2) is 38.0 Å². The van der Waals surface area contributed by atoms with Gasteiger partial charge >= 0.3 is 6.61 Å². The van der Waals surface area contributed by atoms with Crippen LogP contribution >= 0.6 is 11.6 Å². The van der Waals surface area contributed by atoms with Gasteiger partial charge in [-0.15, -0.1) is 11.6 Å². The van der Waals surface area contributed by atoms with Crippen molar-refractivity contribution in [2.75, 3.05) is 5.32 Å². The molecule has 3 rings (SSSR count). The van der Waals surface area contributed by atoms with Crippen molar-refractivity contribution in [1.82, 2.24) is 9.78 Å². The fourth-order valence-electron chi connectivity index (χ4n) is 2.99. The molecule has 1 aromatic heterocycles. The van der Waals surface area contributed by atoms with Crippen LogP contribution in [0.5, 0.6) is 5.75 Å². The molecule has 0 bridgehead atoms. The van der Waals surface area contributed by atoms with E-state index in [-0.39, 0.29) is 17.7 Å². The molecule has 0 atom stereocenters. The third-order valence-corrected chi connectivity index (χ3v) is 4.80. The summed E-state index contributed by atoms with van der Waals surface area (Å²) in [6, 6.07) is 4.71. The van der Waals surface area contributed by atoms with Gasteiger partial charge in [-0.25, -0.2) is 0 Å². The minimum Gasteiger partial charge on any atom is -0.434 e. The molecule has 1 saturated carbocycles. The molecule has 0 spiro atoms. The highest BCUT2D eigenvalue weighted by Gasteiger charge is 2.32. The molecule has 1 N–H and O–H groups in total. The Balaban J connectivity index is 1.88. The first kappa shape index (κ1) is 20.7. The van der Waals surface area contributed by atoms with Gasteiger partial charge in [-0.1, -0.05) is 6.07 Å². The minimum absolute atomic E-state index is 0.0620. The van der Waals surface area contributed by atoms with Gasteiger partial charge in [0.2, 0.25) is 0 Å². The van der Waals surface area contributed by atoms with E-state index in [2.05, 4.69) is 15.2 Å². The number of hydrogen-bond acceptors (Lipinski definition) is 3. The average molecular weight is 407 g/mol. The first-order valence-electron chi connectivity index (χ1n) is 9.25. The van der Waals surface area contributed by atoms with Gasteiger partial charge in [0.05, 0.1) is 11.3 Å². The Morgan fingerprint density at radius 3 is 2.61 bits per heavy atom. The Hall–Kier alpha value is -2.02. The maximum atomic E-state index is 12.8. The van der Waals surface area contributed by atoms with Crippen molar-refractivity contribution < 1.29 is 18.3 Å². The van der Waals surface area contributed by atoms with Crippen molar-refractivity contribution >= 4 is 38.9 Å². The van der Waals surface area contributed by atoms with Crippen LogP contribution in [0.3, 0.4) is 0 Å². The molecular weight excluding hydrogens is 385 g/mol. The lowest BCUT2D eigenvalue weighted by atomic mass is 9.65. The Morgan fingerprint density at radius 1 is 1.39 bits per heavy atom. The van der Waals surface area contributed by atoms with Crippen LogP contribution in [-0.2, 0) is 4.67 Å². The van der Waals surface area contributed by atoms with E-state index in [0.29, 0.717) is 22.7 Å². The molecular formula is C18H22B2ClF2N3O2. The Bertz CT molecular complexity index is 880. The summed E-state index contributed by atoms with van der Waals surface area (Å²) >= 11 is 6.27. The van der Waals surface area contributed by atoms with Gasteiger partial charge in [-0.05, 0) is 38.3 Å². The summed E-state index contributed by atoms with van der Waals surface area (Å²) in [5, 5.41) is 7.32. The first-order chi connectivity index (χ1) is 13.1. The summed E-state index contributed by atoms with van der Waals surface area (Å²) in [6.07, 6.45) is 3.77. The molecule has 28 heavy (non-hydrogen) atoms. The van der Waals surface area contributed by atoms with Crippen molar-refractivity contribution in [3.05, 3.63) is 41.2 Å². The van der Waals surface area contributed by atoms with E-state index in [1.54, 1.807) is 38.7 Å². The normalized spacial score (nSPS) is 14.5. The number of nitrogens with zero attached hydrogens (tertiary/aromatic N) is 2. The van der Waals surface area contributed by atoms with Crippen LogP contribution in [0.25, 0.3) is 0 Å². The number of rotatable bonds is 7. The first-order valence-corrected chi connectivity index (χ1v) is 9.62. The zero-order chi connectivity index (χ0) is 20.6. The number of carbonyl (C=O) groups is 1. The van der Waals surface area contributed by atoms with Gasteiger partial charge in [0, 0.05) is 34.6 Å². The van der Waals surface area contributed by atoms with E-state index >= 15 is 0 Å². The fourth-order valence-corrected chi connectivity index (χ4v) is 3.14. The molecule has 0 unspecified atom stereocenters. The second-order valence-electron chi connectivity index (χ2n) is 7.79. The topological polar surface area (TPSA) is 56.2 Å². The lowest BCUT2D eigenvalue weighted by molar-refractivity contribution is -0.0503. The molecule has 0 saturated heterocycles. The summed E-state index contributed by atoms with van der Waals surface area (Å²) in [4.78, 5) is 12.8. The van der Waals surface area contributed by atoms with Crippen LogP contribution in [0.15, 0.2) is 24.4 Å². The zero-order valence-electron chi connectivity index (χ0n) is 16.3. The summed E-state index contributed by atoms with van der Waals surface area (Å²) < 4.78 is 31.1. The molecule has 2 aromatic rings. The van der Waals surface area contributed by atoms with Crippen molar-refractivity contribution in [3.63, 3.8) is 0 Å².